The second-order valence-corrected chi connectivity index (χ2v) is 5.10. The zero-order valence-corrected chi connectivity index (χ0v) is 12.7. The minimum atomic E-state index is -4.41. The van der Waals surface area contributed by atoms with Crippen molar-refractivity contribution in [1.29, 1.82) is 0 Å². The molecule has 2 aromatic rings. The average molecular weight is 337 g/mol. The van der Waals surface area contributed by atoms with E-state index in [-0.39, 0.29) is 5.82 Å². The molecule has 8 heteroatoms. The fraction of sp³-hybridized carbons (Fsp3) is 0.250. The Hall–Kier alpha value is -2.77. The van der Waals surface area contributed by atoms with E-state index in [1.807, 2.05) is 6.07 Å². The van der Waals surface area contributed by atoms with Crippen LogP contribution in [0.5, 0.6) is 11.5 Å². The number of rotatable bonds is 3. The molecule has 1 N–H and O–H groups in total. The van der Waals surface area contributed by atoms with Gasteiger partial charge in [-0.05, 0) is 37.3 Å². The Labute approximate surface area is 136 Å². The molecule has 0 spiro atoms. The number of ether oxygens (including phenoxy) is 2. The number of halogens is 3. The summed E-state index contributed by atoms with van der Waals surface area (Å²) in [5.41, 5.74) is 3.27. The van der Waals surface area contributed by atoms with Crippen molar-refractivity contribution in [2.45, 2.75) is 13.1 Å². The second-order valence-electron chi connectivity index (χ2n) is 5.10. The number of anilines is 1. The molecule has 0 saturated carbocycles. The standard InChI is InChI=1S/C16H14F3N3O2/c1-10(11-2-4-13-14(8-11)24-7-6-23-13)21-22-15-5-3-12(9-20-15)16(17,18)19/h2-5,8-9H,6-7H2,1H3,(H,20,22)/b21-10+. The first kappa shape index (κ1) is 16.1. The van der Waals surface area contributed by atoms with E-state index >= 15 is 0 Å². The van der Waals surface area contributed by atoms with E-state index in [1.165, 1.54) is 6.07 Å². The molecule has 0 amide bonds. The van der Waals surface area contributed by atoms with Crippen LogP contribution in [0.2, 0.25) is 0 Å². The lowest BCUT2D eigenvalue weighted by Gasteiger charge is -2.18. The first-order valence-corrected chi connectivity index (χ1v) is 7.17. The van der Waals surface area contributed by atoms with Gasteiger partial charge in [-0.1, -0.05) is 0 Å². The van der Waals surface area contributed by atoms with Crippen LogP contribution >= 0.6 is 0 Å². The van der Waals surface area contributed by atoms with Crippen molar-refractivity contribution >= 4 is 11.5 Å². The lowest BCUT2D eigenvalue weighted by atomic mass is 10.1. The molecule has 0 aliphatic carbocycles. The van der Waals surface area contributed by atoms with Crippen LogP contribution in [0.25, 0.3) is 0 Å². The molecule has 126 valence electrons. The average Bonchev–Trinajstić information content (AvgIpc) is 2.59. The molecule has 1 aromatic carbocycles. The summed E-state index contributed by atoms with van der Waals surface area (Å²) in [6.07, 6.45) is -3.65. The van der Waals surface area contributed by atoms with Crippen LogP contribution < -0.4 is 14.9 Å². The summed E-state index contributed by atoms with van der Waals surface area (Å²) < 4.78 is 48.4. The third-order valence-corrected chi connectivity index (χ3v) is 3.39. The van der Waals surface area contributed by atoms with Crippen molar-refractivity contribution < 1.29 is 22.6 Å². The quantitative estimate of drug-likeness (QED) is 0.685. The SMILES string of the molecule is C/C(=N\Nc1ccc(C(F)(F)F)cn1)c1ccc2c(c1)OCCO2. The van der Waals surface area contributed by atoms with Gasteiger partial charge in [-0.2, -0.15) is 18.3 Å². The maximum Gasteiger partial charge on any atom is 0.417 e. The Morgan fingerprint density at radius 1 is 1.12 bits per heavy atom. The highest BCUT2D eigenvalue weighted by Crippen LogP contribution is 2.31. The number of aromatic nitrogens is 1. The molecule has 24 heavy (non-hydrogen) atoms. The van der Waals surface area contributed by atoms with Crippen molar-refractivity contribution in [2.24, 2.45) is 5.10 Å². The number of pyridine rings is 1. The molecule has 3 rings (SSSR count). The lowest BCUT2D eigenvalue weighted by Crippen LogP contribution is -2.15. The van der Waals surface area contributed by atoms with E-state index in [0.717, 1.165) is 17.8 Å². The summed E-state index contributed by atoms with van der Waals surface area (Å²) in [5, 5.41) is 4.13. The molecule has 1 aliphatic rings. The number of alkyl halides is 3. The van der Waals surface area contributed by atoms with Crippen molar-refractivity contribution in [2.75, 3.05) is 18.6 Å². The molecule has 0 radical (unpaired) electrons. The minimum Gasteiger partial charge on any atom is -0.486 e. The molecule has 0 bridgehead atoms. The zero-order chi connectivity index (χ0) is 17.2. The molecular formula is C16H14F3N3O2. The highest BCUT2D eigenvalue weighted by Gasteiger charge is 2.30. The Morgan fingerprint density at radius 3 is 2.54 bits per heavy atom. The Balaban J connectivity index is 1.72. The highest BCUT2D eigenvalue weighted by molar-refractivity contribution is 5.99. The molecule has 1 aromatic heterocycles. The van der Waals surface area contributed by atoms with Gasteiger partial charge < -0.3 is 9.47 Å². The van der Waals surface area contributed by atoms with Gasteiger partial charge >= 0.3 is 6.18 Å². The molecule has 0 unspecified atom stereocenters. The summed E-state index contributed by atoms with van der Waals surface area (Å²) in [6, 6.07) is 7.59. The van der Waals surface area contributed by atoms with Crippen LogP contribution in [0, 0.1) is 0 Å². The minimum absolute atomic E-state index is 0.222. The largest absolute Gasteiger partial charge is 0.486 e. The van der Waals surface area contributed by atoms with Gasteiger partial charge in [0.05, 0.1) is 11.3 Å². The van der Waals surface area contributed by atoms with E-state index in [0.29, 0.717) is 30.4 Å². The number of nitrogens with one attached hydrogen (secondary N) is 1. The summed E-state index contributed by atoms with van der Waals surface area (Å²) in [6.45, 7) is 2.77. The lowest BCUT2D eigenvalue weighted by molar-refractivity contribution is -0.137. The monoisotopic (exact) mass is 337 g/mol. The van der Waals surface area contributed by atoms with Crippen LogP contribution in [0.3, 0.4) is 0 Å². The van der Waals surface area contributed by atoms with Gasteiger partial charge in [-0.15, -0.1) is 0 Å². The molecular weight excluding hydrogens is 323 g/mol. The molecule has 0 fully saturated rings. The zero-order valence-electron chi connectivity index (χ0n) is 12.7. The van der Waals surface area contributed by atoms with E-state index in [1.54, 1.807) is 19.1 Å². The number of fused-ring (bicyclic) bond motifs is 1. The van der Waals surface area contributed by atoms with E-state index < -0.39 is 11.7 Å². The predicted molar refractivity (Wildman–Crippen MR) is 82.5 cm³/mol. The molecule has 2 heterocycles. The predicted octanol–water partition coefficient (Wildman–Crippen LogP) is 3.71. The number of benzene rings is 1. The maximum atomic E-state index is 12.5. The van der Waals surface area contributed by atoms with Gasteiger partial charge in [0.1, 0.15) is 19.0 Å². The van der Waals surface area contributed by atoms with Crippen LogP contribution in [-0.4, -0.2) is 23.9 Å². The number of hydrazone groups is 1. The smallest absolute Gasteiger partial charge is 0.417 e. The molecule has 1 aliphatic heterocycles. The third kappa shape index (κ3) is 3.58. The van der Waals surface area contributed by atoms with Crippen molar-refractivity contribution in [3.63, 3.8) is 0 Å². The van der Waals surface area contributed by atoms with Gasteiger partial charge in [-0.3, -0.25) is 5.43 Å². The first-order valence-electron chi connectivity index (χ1n) is 7.17. The topological polar surface area (TPSA) is 55.7 Å². The van der Waals surface area contributed by atoms with E-state index in [2.05, 4.69) is 15.5 Å². The van der Waals surface area contributed by atoms with Crippen LogP contribution in [0.15, 0.2) is 41.6 Å². The number of hydrogen-bond acceptors (Lipinski definition) is 5. The summed E-state index contributed by atoms with van der Waals surface area (Å²) in [4.78, 5) is 3.70. The fourth-order valence-corrected chi connectivity index (χ4v) is 2.10. The Bertz CT molecular complexity index is 758. The van der Waals surface area contributed by atoms with Gasteiger partial charge in [0.25, 0.3) is 0 Å². The molecule has 0 atom stereocenters. The third-order valence-electron chi connectivity index (χ3n) is 3.39. The molecule has 5 nitrogen and oxygen atoms in total. The Morgan fingerprint density at radius 2 is 1.88 bits per heavy atom. The second kappa shape index (κ2) is 6.38. The van der Waals surface area contributed by atoms with Crippen molar-refractivity contribution in [3.05, 3.63) is 47.7 Å². The highest BCUT2D eigenvalue weighted by atomic mass is 19.4. The number of nitrogens with zero attached hydrogens (tertiary/aromatic N) is 2. The van der Waals surface area contributed by atoms with Crippen LogP contribution in [0.4, 0.5) is 19.0 Å². The molecule has 0 saturated heterocycles. The Kier molecular flexibility index (Phi) is 4.28. The summed E-state index contributed by atoms with van der Waals surface area (Å²) >= 11 is 0. The number of hydrogen-bond donors (Lipinski definition) is 1. The van der Waals surface area contributed by atoms with Gasteiger partial charge in [0, 0.05) is 11.8 Å². The van der Waals surface area contributed by atoms with Crippen molar-refractivity contribution in [3.8, 4) is 11.5 Å². The maximum absolute atomic E-state index is 12.5. The van der Waals surface area contributed by atoms with Gasteiger partial charge in [0.15, 0.2) is 11.5 Å². The van der Waals surface area contributed by atoms with Crippen molar-refractivity contribution in [1.82, 2.24) is 4.98 Å². The van der Waals surface area contributed by atoms with Crippen LogP contribution in [-0.2, 0) is 6.18 Å². The fourth-order valence-electron chi connectivity index (χ4n) is 2.10. The summed E-state index contributed by atoms with van der Waals surface area (Å²) in [7, 11) is 0. The first-order chi connectivity index (χ1) is 11.4. The van der Waals surface area contributed by atoms with Gasteiger partial charge in [0.2, 0.25) is 0 Å². The van der Waals surface area contributed by atoms with Gasteiger partial charge in [-0.25, -0.2) is 4.98 Å². The van der Waals surface area contributed by atoms with E-state index in [9.17, 15) is 13.2 Å². The van der Waals surface area contributed by atoms with Crippen LogP contribution in [0.1, 0.15) is 18.1 Å². The van der Waals surface area contributed by atoms with E-state index in [4.69, 9.17) is 9.47 Å². The summed E-state index contributed by atoms with van der Waals surface area (Å²) in [5.74, 6) is 1.54. The normalized spacial score (nSPS) is 14.4.